The number of nitrogens with one attached hydrogen (secondary N) is 2. The summed E-state index contributed by atoms with van der Waals surface area (Å²) in [5.74, 6) is 2.39. The molecule has 0 spiro atoms. The molecule has 0 aromatic heterocycles. The van der Waals surface area contributed by atoms with E-state index in [-0.39, 0.29) is 29.4 Å². The minimum atomic E-state index is -0.132. The fraction of sp³-hybridized carbons (Fsp3) is 0.625. The zero-order valence-corrected chi connectivity index (χ0v) is 22.4. The van der Waals surface area contributed by atoms with E-state index >= 15 is 0 Å². The average Bonchev–Trinajstić information content (AvgIpc) is 2.72. The van der Waals surface area contributed by atoms with E-state index < -0.39 is 0 Å². The Balaban J connectivity index is 0.00000480. The highest BCUT2D eigenvalue weighted by Gasteiger charge is 2.24. The lowest BCUT2D eigenvalue weighted by Gasteiger charge is -2.33. The van der Waals surface area contributed by atoms with E-state index in [9.17, 15) is 0 Å². The first-order valence-corrected chi connectivity index (χ1v) is 10.9. The van der Waals surface area contributed by atoms with Crippen molar-refractivity contribution in [3.63, 3.8) is 0 Å². The van der Waals surface area contributed by atoms with Gasteiger partial charge in [0.25, 0.3) is 0 Å². The second kappa shape index (κ2) is 13.2. The molecule has 1 saturated heterocycles. The van der Waals surface area contributed by atoms with Crippen LogP contribution in [0.5, 0.6) is 11.5 Å². The van der Waals surface area contributed by atoms with E-state index in [1.165, 1.54) is 11.1 Å². The maximum absolute atomic E-state index is 5.47. The molecule has 1 aliphatic rings. The molecule has 176 valence electrons. The van der Waals surface area contributed by atoms with Crippen LogP contribution in [0.15, 0.2) is 35.3 Å². The summed E-state index contributed by atoms with van der Waals surface area (Å²) in [6, 6.07) is 6.55. The third kappa shape index (κ3) is 8.52. The lowest BCUT2D eigenvalue weighted by molar-refractivity contribution is 0.221. The lowest BCUT2D eigenvalue weighted by Crippen LogP contribution is -2.49. The van der Waals surface area contributed by atoms with Gasteiger partial charge in [0.05, 0.1) is 20.8 Å². The van der Waals surface area contributed by atoms with Crippen LogP contribution in [0.1, 0.15) is 46.1 Å². The minimum absolute atomic E-state index is 0. The summed E-state index contributed by atoms with van der Waals surface area (Å²) in [5, 5.41) is 7.05. The summed E-state index contributed by atoms with van der Waals surface area (Å²) in [6.07, 6.45) is 2.24. The number of methoxy groups -OCH3 is 2. The lowest BCUT2D eigenvalue weighted by atomic mass is 9.84. The first-order chi connectivity index (χ1) is 14.3. The van der Waals surface area contributed by atoms with Crippen molar-refractivity contribution < 1.29 is 9.47 Å². The molecule has 1 fully saturated rings. The molecule has 0 saturated carbocycles. The van der Waals surface area contributed by atoms with E-state index in [2.05, 4.69) is 55.9 Å². The second-order valence-electron chi connectivity index (χ2n) is 8.80. The molecule has 1 aromatic rings. The van der Waals surface area contributed by atoms with E-state index in [0.717, 1.165) is 56.5 Å². The molecule has 0 bridgehead atoms. The largest absolute Gasteiger partial charge is 0.493 e. The third-order valence-corrected chi connectivity index (χ3v) is 5.56. The predicted octanol–water partition coefficient (Wildman–Crippen LogP) is 4.20. The van der Waals surface area contributed by atoms with Crippen LogP contribution >= 0.6 is 24.0 Å². The Morgan fingerprint density at radius 3 is 2.39 bits per heavy atom. The van der Waals surface area contributed by atoms with E-state index in [4.69, 9.17) is 14.5 Å². The van der Waals surface area contributed by atoms with E-state index in [1.807, 2.05) is 12.1 Å². The van der Waals surface area contributed by atoms with Gasteiger partial charge in [0.1, 0.15) is 0 Å². The fourth-order valence-corrected chi connectivity index (χ4v) is 3.76. The van der Waals surface area contributed by atoms with Crippen molar-refractivity contribution in [1.29, 1.82) is 0 Å². The molecular weight excluding hydrogens is 503 g/mol. The van der Waals surface area contributed by atoms with Crippen LogP contribution in [-0.4, -0.2) is 63.8 Å². The number of benzene rings is 1. The highest BCUT2D eigenvalue weighted by atomic mass is 127. The molecule has 0 radical (unpaired) electrons. The summed E-state index contributed by atoms with van der Waals surface area (Å²) in [7, 11) is 3.33. The Kier molecular flexibility index (Phi) is 11.7. The molecule has 0 atom stereocenters. The number of guanidine groups is 1. The van der Waals surface area contributed by atoms with Crippen LogP contribution in [0.4, 0.5) is 0 Å². The summed E-state index contributed by atoms with van der Waals surface area (Å²) in [4.78, 5) is 7.39. The number of piperidine rings is 1. The van der Waals surface area contributed by atoms with Gasteiger partial charge in [-0.1, -0.05) is 32.1 Å². The van der Waals surface area contributed by atoms with Gasteiger partial charge in [-0.3, -0.25) is 9.89 Å². The molecule has 2 N–H and O–H groups in total. The number of halogens is 1. The molecule has 1 aromatic carbocycles. The van der Waals surface area contributed by atoms with Gasteiger partial charge in [-0.25, -0.2) is 0 Å². The van der Waals surface area contributed by atoms with Gasteiger partial charge in [0.15, 0.2) is 17.5 Å². The Bertz CT molecular complexity index is 728. The highest BCUT2D eigenvalue weighted by Crippen LogP contribution is 2.33. The Morgan fingerprint density at radius 1 is 1.19 bits per heavy atom. The molecular formula is C24H41IN4O2. The van der Waals surface area contributed by atoms with Crippen molar-refractivity contribution in [1.82, 2.24) is 15.5 Å². The highest BCUT2D eigenvalue weighted by molar-refractivity contribution is 14.0. The van der Waals surface area contributed by atoms with Crippen LogP contribution in [0.3, 0.4) is 0 Å². The van der Waals surface area contributed by atoms with Gasteiger partial charge in [0.2, 0.25) is 0 Å². The predicted molar refractivity (Wildman–Crippen MR) is 141 cm³/mol. The van der Waals surface area contributed by atoms with Crippen LogP contribution in [0.25, 0.3) is 0 Å². The average molecular weight is 545 g/mol. The van der Waals surface area contributed by atoms with Gasteiger partial charge in [-0.05, 0) is 44.4 Å². The fourth-order valence-electron chi connectivity index (χ4n) is 3.76. The topological polar surface area (TPSA) is 58.1 Å². The Labute approximate surface area is 205 Å². The first kappa shape index (κ1) is 27.6. The van der Waals surface area contributed by atoms with Crippen molar-refractivity contribution in [2.75, 3.05) is 46.9 Å². The monoisotopic (exact) mass is 544 g/mol. The number of hydrogen-bond donors (Lipinski definition) is 2. The molecule has 31 heavy (non-hydrogen) atoms. The standard InChI is InChI=1S/C24H40N4O2.HI/c1-8-25-23(27-20-11-13-28(14-12-20)16-18(2)3)26-17-24(4,5)19-9-10-21(29-6)22(15-19)30-7;/h9-10,15,20H,2,8,11-14,16-17H2,1,3-7H3,(H2,25,26,27);1H. The van der Waals surface area contributed by atoms with Crippen LogP contribution in [0.2, 0.25) is 0 Å². The van der Waals surface area contributed by atoms with Gasteiger partial charge < -0.3 is 20.1 Å². The number of ether oxygens (including phenoxy) is 2. The van der Waals surface area contributed by atoms with Crippen LogP contribution in [-0.2, 0) is 5.41 Å². The molecule has 1 aliphatic heterocycles. The summed E-state index contributed by atoms with van der Waals surface area (Å²) < 4.78 is 10.8. The van der Waals surface area contributed by atoms with Crippen LogP contribution in [0, 0.1) is 0 Å². The van der Waals surface area contributed by atoms with Crippen molar-refractivity contribution in [3.8, 4) is 11.5 Å². The normalized spacial score (nSPS) is 15.7. The van der Waals surface area contributed by atoms with Gasteiger partial charge in [-0.15, -0.1) is 24.0 Å². The zero-order valence-electron chi connectivity index (χ0n) is 20.1. The van der Waals surface area contributed by atoms with Gasteiger partial charge >= 0.3 is 0 Å². The number of hydrogen-bond acceptors (Lipinski definition) is 4. The number of rotatable bonds is 9. The quantitative estimate of drug-likeness (QED) is 0.211. The number of likely N-dealkylation sites (tertiary alicyclic amines) is 1. The van der Waals surface area contributed by atoms with Crippen molar-refractivity contribution in [2.24, 2.45) is 4.99 Å². The molecule has 0 unspecified atom stereocenters. The molecule has 6 nitrogen and oxygen atoms in total. The second-order valence-corrected chi connectivity index (χ2v) is 8.80. The summed E-state index contributed by atoms with van der Waals surface area (Å²) in [5.41, 5.74) is 2.27. The van der Waals surface area contributed by atoms with Gasteiger partial charge in [-0.2, -0.15) is 0 Å². The SMILES string of the molecule is C=C(C)CN1CCC(NC(=NCC(C)(C)c2ccc(OC)c(OC)c2)NCC)CC1.I. The molecule has 0 aliphatic carbocycles. The number of aliphatic imine (C=N–C) groups is 1. The zero-order chi connectivity index (χ0) is 22.1. The van der Waals surface area contributed by atoms with Crippen LogP contribution < -0.4 is 20.1 Å². The smallest absolute Gasteiger partial charge is 0.191 e. The minimum Gasteiger partial charge on any atom is -0.493 e. The van der Waals surface area contributed by atoms with Crippen molar-refractivity contribution in [2.45, 2.75) is 52.0 Å². The Morgan fingerprint density at radius 2 is 1.84 bits per heavy atom. The Hall–Kier alpha value is -1.48. The molecule has 7 heteroatoms. The summed E-state index contributed by atoms with van der Waals surface area (Å²) >= 11 is 0. The molecule has 2 rings (SSSR count). The summed E-state index contributed by atoms with van der Waals surface area (Å²) in [6.45, 7) is 17.4. The maximum Gasteiger partial charge on any atom is 0.191 e. The first-order valence-electron chi connectivity index (χ1n) is 10.9. The van der Waals surface area contributed by atoms with E-state index in [1.54, 1.807) is 14.2 Å². The third-order valence-electron chi connectivity index (χ3n) is 5.56. The van der Waals surface area contributed by atoms with Crippen molar-refractivity contribution >= 4 is 29.9 Å². The van der Waals surface area contributed by atoms with Gasteiger partial charge in [0, 0.05) is 37.6 Å². The molecule has 0 amide bonds. The van der Waals surface area contributed by atoms with E-state index in [0.29, 0.717) is 12.6 Å². The maximum atomic E-state index is 5.47. The van der Waals surface area contributed by atoms with Crippen molar-refractivity contribution in [3.05, 3.63) is 35.9 Å². The number of nitrogens with zero attached hydrogens (tertiary/aromatic N) is 2. The molecule has 1 heterocycles.